The minimum Gasteiger partial charge on any atom is -0.426 e. The van der Waals surface area contributed by atoms with Crippen LogP contribution in [0.5, 0.6) is 0 Å². The number of esters is 1. The van der Waals surface area contributed by atoms with Crippen molar-refractivity contribution in [1.29, 1.82) is 0 Å². The zero-order valence-electron chi connectivity index (χ0n) is 11.8. The van der Waals surface area contributed by atoms with Crippen LogP contribution in [0.3, 0.4) is 0 Å². The third-order valence-corrected chi connectivity index (χ3v) is 5.64. The number of fused-ring (bicyclic) bond motifs is 2. The molecule has 0 amide bonds. The molecular formula is C15H19ClO4. The fourth-order valence-electron chi connectivity index (χ4n) is 4.39. The van der Waals surface area contributed by atoms with Crippen molar-refractivity contribution in [3.63, 3.8) is 0 Å². The largest absolute Gasteiger partial charge is 0.426 e. The van der Waals surface area contributed by atoms with E-state index in [1.807, 2.05) is 13.8 Å². The van der Waals surface area contributed by atoms with Gasteiger partial charge in [0.1, 0.15) is 0 Å². The number of allylic oxidation sites excluding steroid dienone is 1. The minimum absolute atomic E-state index is 0.0500. The molecule has 0 spiro atoms. The Morgan fingerprint density at radius 3 is 2.75 bits per heavy atom. The van der Waals surface area contributed by atoms with E-state index in [-0.39, 0.29) is 18.3 Å². The van der Waals surface area contributed by atoms with Gasteiger partial charge >= 0.3 is 5.97 Å². The van der Waals surface area contributed by atoms with Gasteiger partial charge in [0.15, 0.2) is 0 Å². The average molecular weight is 299 g/mol. The van der Waals surface area contributed by atoms with E-state index < -0.39 is 23.3 Å². The molecule has 0 radical (unpaired) electrons. The van der Waals surface area contributed by atoms with Crippen LogP contribution in [0.4, 0.5) is 0 Å². The Bertz CT molecular complexity index is 552. The number of ether oxygens (including phenoxy) is 1. The molecule has 1 heterocycles. The zero-order chi connectivity index (χ0) is 14.9. The Kier molecular flexibility index (Phi) is 2.89. The highest BCUT2D eigenvalue weighted by Gasteiger charge is 2.63. The topological polar surface area (TPSA) is 66.8 Å². The zero-order valence-corrected chi connectivity index (χ0v) is 12.6. The Hall–Kier alpha value is -0.840. The molecule has 1 fully saturated rings. The molecule has 3 rings (SSSR count). The van der Waals surface area contributed by atoms with Gasteiger partial charge in [-0.25, -0.2) is 4.79 Å². The number of halogens is 1. The number of rotatable bonds is 1. The van der Waals surface area contributed by atoms with Gasteiger partial charge in [-0.15, -0.1) is 11.6 Å². The average Bonchev–Trinajstić information content (AvgIpc) is 2.70. The van der Waals surface area contributed by atoms with E-state index in [0.29, 0.717) is 17.0 Å². The summed E-state index contributed by atoms with van der Waals surface area (Å²) in [7, 11) is 0. The summed E-state index contributed by atoms with van der Waals surface area (Å²) in [5, 5.41) is 21.4. The Balaban J connectivity index is 2.13. The van der Waals surface area contributed by atoms with Crippen molar-refractivity contribution in [2.45, 2.75) is 39.1 Å². The molecule has 2 N–H and O–H groups in total. The van der Waals surface area contributed by atoms with Crippen LogP contribution in [0.2, 0.25) is 0 Å². The van der Waals surface area contributed by atoms with Crippen molar-refractivity contribution in [2.24, 2.45) is 17.3 Å². The van der Waals surface area contributed by atoms with Gasteiger partial charge in [0.05, 0.1) is 6.10 Å². The van der Waals surface area contributed by atoms with E-state index in [4.69, 9.17) is 16.3 Å². The van der Waals surface area contributed by atoms with Crippen molar-refractivity contribution in [3.05, 3.63) is 22.8 Å². The summed E-state index contributed by atoms with van der Waals surface area (Å²) in [6, 6.07) is 0. The Morgan fingerprint density at radius 2 is 2.15 bits per heavy atom. The van der Waals surface area contributed by atoms with Crippen molar-refractivity contribution < 1.29 is 19.7 Å². The summed E-state index contributed by atoms with van der Waals surface area (Å²) < 4.78 is 5.15. The Labute approximate surface area is 123 Å². The molecule has 3 aliphatic rings. The molecule has 5 atom stereocenters. The van der Waals surface area contributed by atoms with Crippen LogP contribution < -0.4 is 0 Å². The number of hydrogen-bond donors (Lipinski definition) is 2. The second-order valence-corrected chi connectivity index (χ2v) is 6.80. The molecule has 1 saturated carbocycles. The quantitative estimate of drug-likeness (QED) is 0.440. The third-order valence-electron chi connectivity index (χ3n) is 5.30. The number of alkyl halides is 1. The fourth-order valence-corrected chi connectivity index (χ4v) is 4.83. The molecule has 0 unspecified atom stereocenters. The summed E-state index contributed by atoms with van der Waals surface area (Å²) in [5.74, 6) is -1.90. The molecule has 4 nitrogen and oxygen atoms in total. The molecule has 0 bridgehead atoms. The Morgan fingerprint density at radius 1 is 1.50 bits per heavy atom. The van der Waals surface area contributed by atoms with Crippen LogP contribution >= 0.6 is 11.6 Å². The van der Waals surface area contributed by atoms with Gasteiger partial charge < -0.3 is 14.9 Å². The second-order valence-electron chi connectivity index (χ2n) is 6.49. The predicted molar refractivity (Wildman–Crippen MR) is 73.9 cm³/mol. The van der Waals surface area contributed by atoms with Gasteiger partial charge in [-0.3, -0.25) is 0 Å². The van der Waals surface area contributed by atoms with E-state index >= 15 is 0 Å². The summed E-state index contributed by atoms with van der Waals surface area (Å²) in [5.41, 5.74) is 1.30. The van der Waals surface area contributed by atoms with Gasteiger partial charge in [0.2, 0.25) is 5.79 Å². The molecule has 0 aromatic heterocycles. The molecule has 1 aliphatic heterocycles. The summed E-state index contributed by atoms with van der Waals surface area (Å²) in [4.78, 5) is 11.8. The van der Waals surface area contributed by atoms with Crippen molar-refractivity contribution >= 4 is 17.6 Å². The van der Waals surface area contributed by atoms with Gasteiger partial charge in [0, 0.05) is 29.4 Å². The lowest BCUT2D eigenvalue weighted by Gasteiger charge is -2.49. The first-order valence-corrected chi connectivity index (χ1v) is 7.37. The van der Waals surface area contributed by atoms with Crippen LogP contribution in [-0.4, -0.2) is 34.0 Å². The SMILES string of the molecule is CC1=C[C@@H](CCl)[C@]2(C)C[C@]3(O)OC(=O)C(C)=C3[C@H](O)[C@H]12. The van der Waals surface area contributed by atoms with Gasteiger partial charge in [-0.2, -0.15) is 0 Å². The van der Waals surface area contributed by atoms with Crippen LogP contribution in [0.1, 0.15) is 27.2 Å². The molecule has 2 aliphatic carbocycles. The molecule has 5 heteroatoms. The highest BCUT2D eigenvalue weighted by Crippen LogP contribution is 2.60. The molecule has 0 aromatic carbocycles. The van der Waals surface area contributed by atoms with E-state index in [2.05, 4.69) is 6.08 Å². The standard InChI is InChI=1S/C15H19ClO4/c1-7-4-9(5-16)14(3)6-15(19)11(12(17)10(7)14)8(2)13(18)20-15/h4,9-10,12,17,19H,5-6H2,1-3H3/t9-,10-,12+,14-,15-/m0/s1. The van der Waals surface area contributed by atoms with Gasteiger partial charge in [-0.1, -0.05) is 18.6 Å². The van der Waals surface area contributed by atoms with E-state index in [0.717, 1.165) is 5.57 Å². The first-order valence-electron chi connectivity index (χ1n) is 6.84. The molecular weight excluding hydrogens is 280 g/mol. The number of hydrogen-bond acceptors (Lipinski definition) is 4. The molecule has 20 heavy (non-hydrogen) atoms. The van der Waals surface area contributed by atoms with Crippen molar-refractivity contribution in [3.8, 4) is 0 Å². The fraction of sp³-hybridized carbons (Fsp3) is 0.667. The maximum absolute atomic E-state index is 11.8. The highest BCUT2D eigenvalue weighted by molar-refractivity contribution is 6.18. The smallest absolute Gasteiger partial charge is 0.336 e. The lowest BCUT2D eigenvalue weighted by molar-refractivity contribution is -0.212. The second kappa shape index (κ2) is 4.09. The van der Waals surface area contributed by atoms with Gasteiger partial charge in [-0.05, 0) is 25.2 Å². The lowest BCUT2D eigenvalue weighted by Crippen LogP contribution is -2.54. The van der Waals surface area contributed by atoms with Gasteiger partial charge in [0.25, 0.3) is 0 Å². The predicted octanol–water partition coefficient (Wildman–Crippen LogP) is 1.75. The summed E-state index contributed by atoms with van der Waals surface area (Å²) in [6.45, 7) is 5.56. The monoisotopic (exact) mass is 298 g/mol. The van der Waals surface area contributed by atoms with E-state index in [1.54, 1.807) is 6.92 Å². The third kappa shape index (κ3) is 1.53. The van der Waals surface area contributed by atoms with Crippen LogP contribution in [0.25, 0.3) is 0 Å². The first kappa shape index (κ1) is 14.1. The van der Waals surface area contributed by atoms with E-state index in [1.165, 1.54) is 0 Å². The number of aliphatic hydroxyl groups excluding tert-OH is 1. The van der Waals surface area contributed by atoms with Crippen molar-refractivity contribution in [1.82, 2.24) is 0 Å². The number of carbonyl (C=O) groups excluding carboxylic acids is 1. The van der Waals surface area contributed by atoms with Crippen molar-refractivity contribution in [2.75, 3.05) is 5.88 Å². The summed E-state index contributed by atoms with van der Waals surface area (Å²) >= 11 is 6.05. The molecule has 0 aromatic rings. The maximum Gasteiger partial charge on any atom is 0.336 e. The number of aliphatic hydroxyl groups is 2. The first-order chi connectivity index (χ1) is 9.24. The number of carbonyl (C=O) groups is 1. The summed E-state index contributed by atoms with van der Waals surface area (Å²) in [6.07, 6.45) is 1.43. The normalized spacial score (nSPS) is 47.0. The molecule has 0 saturated heterocycles. The van der Waals surface area contributed by atoms with Crippen LogP contribution in [0, 0.1) is 17.3 Å². The molecule has 110 valence electrons. The highest BCUT2D eigenvalue weighted by atomic mass is 35.5. The minimum atomic E-state index is -1.69. The lowest BCUT2D eigenvalue weighted by atomic mass is 9.59. The maximum atomic E-state index is 11.8. The van der Waals surface area contributed by atoms with E-state index in [9.17, 15) is 15.0 Å². The van der Waals surface area contributed by atoms with Crippen LogP contribution in [-0.2, 0) is 9.53 Å². The van der Waals surface area contributed by atoms with Crippen LogP contribution in [0.15, 0.2) is 22.8 Å².